The zero-order chi connectivity index (χ0) is 17.8. The second-order valence-electron chi connectivity index (χ2n) is 5.72. The summed E-state index contributed by atoms with van der Waals surface area (Å²) in [6, 6.07) is 9.90. The molecule has 0 unspecified atom stereocenters. The minimum atomic E-state index is -0.0535. The van der Waals surface area contributed by atoms with Gasteiger partial charge in [-0.15, -0.1) is 21.5 Å². The first kappa shape index (κ1) is 17.7. The van der Waals surface area contributed by atoms with Crippen LogP contribution >= 0.6 is 23.1 Å². The Morgan fingerprint density at radius 1 is 1.28 bits per heavy atom. The molecule has 0 spiro atoms. The Labute approximate surface area is 155 Å². The van der Waals surface area contributed by atoms with Crippen LogP contribution < -0.4 is 5.32 Å². The molecule has 130 valence electrons. The number of thiophene rings is 1. The van der Waals surface area contributed by atoms with Gasteiger partial charge in [-0.3, -0.25) is 4.79 Å². The molecule has 0 atom stereocenters. The van der Waals surface area contributed by atoms with Crippen LogP contribution in [0.4, 0.5) is 5.69 Å². The van der Waals surface area contributed by atoms with Crippen LogP contribution in [0.2, 0.25) is 0 Å². The summed E-state index contributed by atoms with van der Waals surface area (Å²) in [5.74, 6) is 1.07. The van der Waals surface area contributed by atoms with Crippen molar-refractivity contribution in [3.63, 3.8) is 0 Å². The molecule has 1 N–H and O–H groups in total. The van der Waals surface area contributed by atoms with E-state index >= 15 is 0 Å². The molecule has 2 heterocycles. The Hall–Kier alpha value is -2.12. The molecule has 0 fully saturated rings. The minimum Gasteiger partial charge on any atom is -0.325 e. The van der Waals surface area contributed by atoms with Crippen LogP contribution in [0.5, 0.6) is 0 Å². The summed E-state index contributed by atoms with van der Waals surface area (Å²) in [6.45, 7) is 4.16. The number of aryl methyl sites for hydroxylation is 2. The number of rotatable bonds is 6. The second-order valence-corrected chi connectivity index (χ2v) is 7.66. The summed E-state index contributed by atoms with van der Waals surface area (Å²) in [5, 5.41) is 14.2. The summed E-state index contributed by atoms with van der Waals surface area (Å²) in [4.78, 5) is 13.4. The Kier molecular flexibility index (Phi) is 5.55. The minimum absolute atomic E-state index is 0.0535. The molecular weight excluding hydrogens is 352 g/mol. The van der Waals surface area contributed by atoms with Crippen LogP contribution in [0.25, 0.3) is 11.4 Å². The van der Waals surface area contributed by atoms with Gasteiger partial charge in [-0.25, -0.2) is 0 Å². The first-order chi connectivity index (χ1) is 12.1. The Balaban J connectivity index is 1.61. The van der Waals surface area contributed by atoms with Gasteiger partial charge in [-0.1, -0.05) is 36.4 Å². The maximum Gasteiger partial charge on any atom is 0.234 e. The van der Waals surface area contributed by atoms with Crippen molar-refractivity contribution in [3.05, 3.63) is 46.2 Å². The van der Waals surface area contributed by atoms with Crippen molar-refractivity contribution in [2.45, 2.75) is 25.4 Å². The molecule has 3 aromatic rings. The lowest BCUT2D eigenvalue weighted by atomic mass is 10.2. The van der Waals surface area contributed by atoms with Gasteiger partial charge >= 0.3 is 0 Å². The molecule has 0 saturated heterocycles. The molecule has 0 saturated carbocycles. The number of hydrogen-bond donors (Lipinski definition) is 1. The van der Waals surface area contributed by atoms with Gasteiger partial charge in [0, 0.05) is 28.6 Å². The Morgan fingerprint density at radius 2 is 2.04 bits per heavy atom. The zero-order valence-corrected chi connectivity index (χ0v) is 16.1. The molecule has 0 aliphatic rings. The summed E-state index contributed by atoms with van der Waals surface area (Å²) in [7, 11) is 1.93. The topological polar surface area (TPSA) is 59.8 Å². The summed E-state index contributed by atoms with van der Waals surface area (Å²) >= 11 is 3.12. The summed E-state index contributed by atoms with van der Waals surface area (Å²) in [5.41, 5.74) is 3.05. The zero-order valence-electron chi connectivity index (χ0n) is 14.4. The molecule has 0 aliphatic carbocycles. The summed E-state index contributed by atoms with van der Waals surface area (Å²) in [6.07, 6.45) is 1.02. The van der Waals surface area contributed by atoms with Crippen LogP contribution in [0.1, 0.15) is 17.4 Å². The van der Waals surface area contributed by atoms with Crippen molar-refractivity contribution < 1.29 is 4.79 Å². The highest BCUT2D eigenvalue weighted by atomic mass is 32.2. The first-order valence-electron chi connectivity index (χ1n) is 8.03. The number of nitrogens with zero attached hydrogens (tertiary/aromatic N) is 3. The fourth-order valence-corrected chi connectivity index (χ4v) is 3.86. The lowest BCUT2D eigenvalue weighted by Crippen LogP contribution is -2.14. The van der Waals surface area contributed by atoms with Crippen molar-refractivity contribution in [2.75, 3.05) is 11.1 Å². The molecule has 7 heteroatoms. The van der Waals surface area contributed by atoms with Crippen LogP contribution in [-0.4, -0.2) is 26.4 Å². The van der Waals surface area contributed by atoms with E-state index in [4.69, 9.17) is 0 Å². The maximum absolute atomic E-state index is 12.1. The van der Waals surface area contributed by atoms with Crippen molar-refractivity contribution in [2.24, 2.45) is 7.05 Å². The number of nitrogens with one attached hydrogen (secondary N) is 1. The third-order valence-corrected chi connectivity index (χ3v) is 5.86. The van der Waals surface area contributed by atoms with Gasteiger partial charge in [-0.2, -0.15) is 0 Å². The normalized spacial score (nSPS) is 10.8. The molecule has 5 nitrogen and oxygen atoms in total. The van der Waals surface area contributed by atoms with Crippen molar-refractivity contribution in [3.8, 4) is 11.4 Å². The van der Waals surface area contributed by atoms with Gasteiger partial charge in [0.05, 0.1) is 5.75 Å². The van der Waals surface area contributed by atoms with Gasteiger partial charge in [0.15, 0.2) is 11.0 Å². The lowest BCUT2D eigenvalue weighted by molar-refractivity contribution is -0.113. The molecule has 0 radical (unpaired) electrons. The quantitative estimate of drug-likeness (QED) is 0.661. The molecule has 2 aromatic heterocycles. The van der Waals surface area contributed by atoms with Crippen LogP contribution in [0.15, 0.2) is 40.9 Å². The van der Waals surface area contributed by atoms with E-state index in [1.807, 2.05) is 42.8 Å². The van der Waals surface area contributed by atoms with E-state index < -0.39 is 0 Å². The number of amides is 1. The monoisotopic (exact) mass is 372 g/mol. The number of aromatic nitrogens is 3. The smallest absolute Gasteiger partial charge is 0.234 e. The number of benzene rings is 1. The third kappa shape index (κ3) is 4.29. The van der Waals surface area contributed by atoms with Crippen molar-refractivity contribution in [1.82, 2.24) is 14.8 Å². The average Bonchev–Trinajstić information content (AvgIpc) is 3.21. The molecule has 0 bridgehead atoms. The molecule has 25 heavy (non-hydrogen) atoms. The first-order valence-corrected chi connectivity index (χ1v) is 9.90. The van der Waals surface area contributed by atoms with Crippen LogP contribution in [-0.2, 0) is 18.3 Å². The molecule has 0 aliphatic heterocycles. The highest BCUT2D eigenvalue weighted by molar-refractivity contribution is 7.99. The third-order valence-electron chi connectivity index (χ3n) is 3.76. The van der Waals surface area contributed by atoms with E-state index in [1.165, 1.54) is 22.2 Å². The largest absolute Gasteiger partial charge is 0.325 e. The maximum atomic E-state index is 12.1. The fraction of sp³-hybridized carbons (Fsp3) is 0.278. The SMILES string of the molecule is CCc1cc(-c2nnc(SCC(=O)Nc3ccc(C)cc3)n2C)cs1. The molecule has 1 amide bonds. The summed E-state index contributed by atoms with van der Waals surface area (Å²) < 4.78 is 1.94. The van der Waals surface area contributed by atoms with E-state index in [1.54, 1.807) is 11.3 Å². The standard InChI is InChI=1S/C18H20N4OS2/c1-4-15-9-13(10-24-15)17-20-21-18(22(17)3)25-11-16(23)19-14-7-5-12(2)6-8-14/h5-10H,4,11H2,1-3H3,(H,19,23). The predicted octanol–water partition coefficient (Wildman–Crippen LogP) is 4.15. The number of carbonyl (C=O) groups excluding carboxylic acids is 1. The van der Waals surface area contributed by atoms with Crippen molar-refractivity contribution >= 4 is 34.7 Å². The highest BCUT2D eigenvalue weighted by Gasteiger charge is 2.14. The number of carbonyl (C=O) groups is 1. The average molecular weight is 373 g/mol. The van der Waals surface area contributed by atoms with Gasteiger partial charge in [0.2, 0.25) is 5.91 Å². The van der Waals surface area contributed by atoms with E-state index in [0.29, 0.717) is 5.75 Å². The predicted molar refractivity (Wildman–Crippen MR) is 104 cm³/mol. The van der Waals surface area contributed by atoms with Crippen LogP contribution in [0.3, 0.4) is 0 Å². The van der Waals surface area contributed by atoms with Crippen molar-refractivity contribution in [1.29, 1.82) is 0 Å². The van der Waals surface area contributed by atoms with E-state index in [0.717, 1.165) is 28.7 Å². The fourth-order valence-electron chi connectivity index (χ4n) is 2.34. The van der Waals surface area contributed by atoms with Gasteiger partial charge in [0.25, 0.3) is 0 Å². The van der Waals surface area contributed by atoms with Gasteiger partial charge in [0.1, 0.15) is 0 Å². The number of thioether (sulfide) groups is 1. The Bertz CT molecular complexity index is 868. The van der Waals surface area contributed by atoms with E-state index in [9.17, 15) is 4.79 Å². The second kappa shape index (κ2) is 7.84. The molecular formula is C18H20N4OS2. The molecule has 1 aromatic carbocycles. The van der Waals surface area contributed by atoms with Crippen LogP contribution in [0, 0.1) is 6.92 Å². The van der Waals surface area contributed by atoms with E-state index in [2.05, 4.69) is 33.9 Å². The van der Waals surface area contributed by atoms with Gasteiger partial charge in [-0.05, 0) is 31.5 Å². The number of hydrogen-bond acceptors (Lipinski definition) is 5. The van der Waals surface area contributed by atoms with E-state index in [-0.39, 0.29) is 5.91 Å². The Morgan fingerprint density at radius 3 is 2.72 bits per heavy atom. The molecule has 3 rings (SSSR count). The van der Waals surface area contributed by atoms with Gasteiger partial charge < -0.3 is 9.88 Å². The lowest BCUT2D eigenvalue weighted by Gasteiger charge is -2.05. The number of anilines is 1. The highest BCUT2D eigenvalue weighted by Crippen LogP contribution is 2.27.